The molecule has 2 rings (SSSR count). The molecule has 2 aromatic rings. The van der Waals surface area contributed by atoms with Crippen molar-refractivity contribution in [2.45, 2.75) is 20.8 Å². The zero-order valence-electron chi connectivity index (χ0n) is 15.2. The molecule has 0 aliphatic rings. The summed E-state index contributed by atoms with van der Waals surface area (Å²) in [6.45, 7) is 7.03. The van der Waals surface area contributed by atoms with Gasteiger partial charge in [0.2, 0.25) is 5.91 Å². The minimum Gasteiger partial charge on any atom is -0.490 e. The van der Waals surface area contributed by atoms with Crippen molar-refractivity contribution in [1.82, 2.24) is 0 Å². The number of nitrogens with one attached hydrogen (secondary N) is 1. The summed E-state index contributed by atoms with van der Waals surface area (Å²) >= 11 is 0. The fourth-order valence-corrected chi connectivity index (χ4v) is 2.21. The summed E-state index contributed by atoms with van der Waals surface area (Å²) in [7, 11) is 0. The van der Waals surface area contributed by atoms with Gasteiger partial charge in [-0.05, 0) is 55.3 Å². The Kier molecular flexibility index (Phi) is 6.60. The first-order valence-corrected chi connectivity index (χ1v) is 8.51. The van der Waals surface area contributed by atoms with Crippen LogP contribution < -0.4 is 20.5 Å². The van der Waals surface area contributed by atoms with Crippen molar-refractivity contribution in [3.63, 3.8) is 0 Å². The molecule has 3 N–H and O–H groups in total. The first kappa shape index (κ1) is 19.3. The van der Waals surface area contributed by atoms with Crippen LogP contribution in [-0.4, -0.2) is 25.0 Å². The Morgan fingerprint density at radius 1 is 1.00 bits per heavy atom. The van der Waals surface area contributed by atoms with Gasteiger partial charge in [-0.2, -0.15) is 0 Å². The van der Waals surface area contributed by atoms with E-state index in [4.69, 9.17) is 15.2 Å². The number of hydrogen-bond acceptors (Lipinski definition) is 4. The third-order valence-corrected chi connectivity index (χ3v) is 3.51. The van der Waals surface area contributed by atoms with E-state index in [0.717, 1.165) is 0 Å². The number of amides is 2. The molecule has 0 saturated heterocycles. The number of carbonyl (C=O) groups excluding carboxylic acids is 2. The number of primary amides is 1. The number of hydrogen-bond donors (Lipinski definition) is 2. The van der Waals surface area contributed by atoms with Crippen LogP contribution in [0.2, 0.25) is 0 Å². The second-order valence-electron chi connectivity index (χ2n) is 6.20. The summed E-state index contributed by atoms with van der Waals surface area (Å²) in [5.41, 5.74) is 6.61. The summed E-state index contributed by atoms with van der Waals surface area (Å²) in [6, 6.07) is 11.5. The molecule has 0 heterocycles. The molecule has 26 heavy (non-hydrogen) atoms. The van der Waals surface area contributed by atoms with Gasteiger partial charge in [-0.25, -0.2) is 0 Å². The highest BCUT2D eigenvalue weighted by Gasteiger charge is 2.13. The molecule has 2 aromatic carbocycles. The Hall–Kier alpha value is -3.02. The van der Waals surface area contributed by atoms with Crippen molar-refractivity contribution in [2.75, 3.05) is 18.5 Å². The summed E-state index contributed by atoms with van der Waals surface area (Å²) < 4.78 is 11.3. The van der Waals surface area contributed by atoms with Crippen molar-refractivity contribution >= 4 is 17.5 Å². The van der Waals surface area contributed by atoms with Crippen molar-refractivity contribution < 1.29 is 19.1 Å². The number of carbonyl (C=O) groups is 2. The lowest BCUT2D eigenvalue weighted by molar-refractivity contribution is 0.0998. The van der Waals surface area contributed by atoms with E-state index in [9.17, 15) is 9.59 Å². The van der Waals surface area contributed by atoms with E-state index in [1.165, 1.54) is 0 Å². The lowest BCUT2D eigenvalue weighted by Gasteiger charge is -2.14. The minimum atomic E-state index is -0.513. The SMILES string of the molecule is CCOc1cc(C(=O)Nc2ccc(C(N)=O)cc2)ccc1OCC(C)C. The monoisotopic (exact) mass is 356 g/mol. The van der Waals surface area contributed by atoms with Crippen LogP contribution in [-0.2, 0) is 0 Å². The van der Waals surface area contributed by atoms with Crippen molar-refractivity contribution in [2.24, 2.45) is 11.7 Å². The third kappa shape index (κ3) is 5.24. The molecule has 0 saturated carbocycles. The minimum absolute atomic E-state index is 0.284. The molecule has 138 valence electrons. The predicted molar refractivity (Wildman–Crippen MR) is 101 cm³/mol. The summed E-state index contributed by atoms with van der Waals surface area (Å²) in [6.07, 6.45) is 0. The summed E-state index contributed by atoms with van der Waals surface area (Å²) in [5, 5.41) is 2.78. The molecule has 0 aliphatic heterocycles. The molecule has 0 spiro atoms. The summed E-state index contributed by atoms with van der Waals surface area (Å²) in [5.74, 6) is 0.734. The number of nitrogens with two attached hydrogens (primary N) is 1. The molecule has 0 atom stereocenters. The van der Waals surface area contributed by atoms with Crippen LogP contribution in [0.25, 0.3) is 0 Å². The molecule has 6 heteroatoms. The number of benzene rings is 2. The van der Waals surface area contributed by atoms with Gasteiger partial charge in [0, 0.05) is 16.8 Å². The highest BCUT2D eigenvalue weighted by atomic mass is 16.5. The molecule has 2 amide bonds. The van der Waals surface area contributed by atoms with Gasteiger partial charge >= 0.3 is 0 Å². The number of ether oxygens (including phenoxy) is 2. The van der Waals surface area contributed by atoms with Crippen molar-refractivity contribution in [1.29, 1.82) is 0 Å². The van der Waals surface area contributed by atoms with Gasteiger partial charge in [0.05, 0.1) is 13.2 Å². The second kappa shape index (κ2) is 8.89. The molecule has 0 aliphatic carbocycles. The van der Waals surface area contributed by atoms with Gasteiger partial charge in [-0.3, -0.25) is 9.59 Å². The van der Waals surface area contributed by atoms with Crippen LogP contribution in [0, 0.1) is 5.92 Å². The van der Waals surface area contributed by atoms with Crippen LogP contribution in [0.15, 0.2) is 42.5 Å². The van der Waals surface area contributed by atoms with Gasteiger partial charge < -0.3 is 20.5 Å². The Balaban J connectivity index is 2.14. The Labute approximate surface area is 153 Å². The molecule has 0 aromatic heterocycles. The van der Waals surface area contributed by atoms with E-state index in [1.54, 1.807) is 42.5 Å². The van der Waals surface area contributed by atoms with E-state index in [-0.39, 0.29) is 5.91 Å². The zero-order chi connectivity index (χ0) is 19.1. The van der Waals surface area contributed by atoms with Crippen molar-refractivity contribution in [3.05, 3.63) is 53.6 Å². The molecular weight excluding hydrogens is 332 g/mol. The van der Waals surface area contributed by atoms with E-state index in [1.807, 2.05) is 6.92 Å². The highest BCUT2D eigenvalue weighted by molar-refractivity contribution is 6.05. The maximum absolute atomic E-state index is 12.5. The fourth-order valence-electron chi connectivity index (χ4n) is 2.21. The Bertz CT molecular complexity index is 770. The molecule has 0 radical (unpaired) electrons. The first-order valence-electron chi connectivity index (χ1n) is 8.51. The Morgan fingerprint density at radius 2 is 1.65 bits per heavy atom. The molecular formula is C20H24N2O4. The maximum Gasteiger partial charge on any atom is 0.255 e. The van der Waals surface area contributed by atoms with Gasteiger partial charge in [0.1, 0.15) is 0 Å². The molecule has 0 fully saturated rings. The lowest BCUT2D eigenvalue weighted by atomic mass is 10.1. The summed E-state index contributed by atoms with van der Waals surface area (Å²) in [4.78, 5) is 23.6. The standard InChI is InChI=1S/C20H24N2O4/c1-4-25-18-11-15(7-10-17(18)26-12-13(2)3)20(24)22-16-8-5-14(6-9-16)19(21)23/h5-11,13H,4,12H2,1-3H3,(H2,21,23)(H,22,24). The van der Waals surface area contributed by atoms with Crippen LogP contribution >= 0.6 is 0 Å². The van der Waals surface area contributed by atoms with E-state index >= 15 is 0 Å². The quantitative estimate of drug-likeness (QED) is 0.758. The zero-order valence-corrected chi connectivity index (χ0v) is 15.2. The average molecular weight is 356 g/mol. The molecule has 0 unspecified atom stereocenters. The van der Waals surface area contributed by atoms with Crippen LogP contribution in [0.4, 0.5) is 5.69 Å². The number of anilines is 1. The van der Waals surface area contributed by atoms with Crippen LogP contribution in [0.1, 0.15) is 41.5 Å². The second-order valence-corrected chi connectivity index (χ2v) is 6.20. The Morgan fingerprint density at radius 3 is 2.23 bits per heavy atom. The highest BCUT2D eigenvalue weighted by Crippen LogP contribution is 2.29. The first-order chi connectivity index (χ1) is 12.4. The predicted octanol–water partition coefficient (Wildman–Crippen LogP) is 3.47. The normalized spacial score (nSPS) is 10.5. The van der Waals surface area contributed by atoms with Gasteiger partial charge in [-0.15, -0.1) is 0 Å². The third-order valence-electron chi connectivity index (χ3n) is 3.51. The largest absolute Gasteiger partial charge is 0.490 e. The van der Waals surface area contributed by atoms with Crippen LogP contribution in [0.3, 0.4) is 0 Å². The maximum atomic E-state index is 12.5. The van der Waals surface area contributed by atoms with Crippen LogP contribution in [0.5, 0.6) is 11.5 Å². The lowest BCUT2D eigenvalue weighted by Crippen LogP contribution is -2.14. The van der Waals surface area contributed by atoms with E-state index in [0.29, 0.717) is 47.4 Å². The topological polar surface area (TPSA) is 90.6 Å². The average Bonchev–Trinajstić information content (AvgIpc) is 2.61. The molecule has 6 nitrogen and oxygen atoms in total. The fraction of sp³-hybridized carbons (Fsp3) is 0.300. The van der Waals surface area contributed by atoms with Crippen molar-refractivity contribution in [3.8, 4) is 11.5 Å². The van der Waals surface area contributed by atoms with Gasteiger partial charge in [-0.1, -0.05) is 13.8 Å². The van der Waals surface area contributed by atoms with Gasteiger partial charge in [0.15, 0.2) is 11.5 Å². The van der Waals surface area contributed by atoms with Gasteiger partial charge in [0.25, 0.3) is 5.91 Å². The van der Waals surface area contributed by atoms with E-state index < -0.39 is 5.91 Å². The smallest absolute Gasteiger partial charge is 0.255 e. The van der Waals surface area contributed by atoms with E-state index in [2.05, 4.69) is 19.2 Å². The molecule has 0 bridgehead atoms. The number of rotatable bonds is 8.